The number of hydrogen-bond donors (Lipinski definition) is 0. The molecule has 1 aromatic carbocycles. The molecule has 130 valence electrons. The zero-order valence-electron chi connectivity index (χ0n) is 15.2. The molecule has 25 heavy (non-hydrogen) atoms. The van der Waals surface area contributed by atoms with Gasteiger partial charge in [-0.2, -0.15) is 0 Å². The lowest BCUT2D eigenvalue weighted by Crippen LogP contribution is -2.24. The molecular weight excluding hydrogens is 332 g/mol. The number of ketones is 1. The molecule has 0 aliphatic rings. The molecule has 2 aromatic heterocycles. The minimum atomic E-state index is -0.147. The zero-order valence-corrected chi connectivity index (χ0v) is 16.0. The lowest BCUT2D eigenvalue weighted by molar-refractivity contribution is 0.0970. The zero-order chi connectivity index (χ0) is 18.4. The van der Waals surface area contributed by atoms with Crippen LogP contribution in [-0.2, 0) is 12.0 Å². The molecule has 0 bridgehead atoms. The Kier molecular flexibility index (Phi) is 4.37. The van der Waals surface area contributed by atoms with Crippen molar-refractivity contribution in [3.8, 4) is 0 Å². The molecular formula is C20H22N2O2S. The molecule has 0 unspecified atom stereocenters. The van der Waals surface area contributed by atoms with Gasteiger partial charge in [-0.05, 0) is 30.4 Å². The van der Waals surface area contributed by atoms with Gasteiger partial charge in [-0.15, -0.1) is 11.3 Å². The Balaban J connectivity index is 1.91. The normalized spacial score (nSPS) is 11.9. The number of nitrogens with zero attached hydrogens (tertiary/aromatic N) is 2. The van der Waals surface area contributed by atoms with Gasteiger partial charge < -0.3 is 0 Å². The molecule has 0 aliphatic heterocycles. The Morgan fingerprint density at radius 1 is 1.16 bits per heavy atom. The fourth-order valence-electron chi connectivity index (χ4n) is 2.78. The Morgan fingerprint density at radius 3 is 2.40 bits per heavy atom. The molecule has 0 fully saturated rings. The molecule has 5 heteroatoms. The number of aromatic nitrogens is 2. The highest BCUT2D eigenvalue weighted by atomic mass is 32.1. The van der Waals surface area contributed by atoms with E-state index in [9.17, 15) is 9.59 Å². The Hall–Kier alpha value is -2.27. The van der Waals surface area contributed by atoms with Crippen molar-refractivity contribution in [2.75, 3.05) is 0 Å². The third-order valence-corrected chi connectivity index (χ3v) is 5.66. The van der Waals surface area contributed by atoms with Gasteiger partial charge >= 0.3 is 0 Å². The minimum Gasteiger partial charge on any atom is -0.292 e. The molecule has 3 rings (SSSR count). The van der Waals surface area contributed by atoms with E-state index >= 15 is 0 Å². The Bertz CT molecular complexity index is 1010. The standard InChI is InChI=1S/C20H22N2O2S/c1-12-13(2)25-18-17(12)19(24)22(11-21-18)10-16(23)14-6-8-15(9-7-14)20(3,4)5/h6-9,11H,10H2,1-5H3. The number of aryl methyl sites for hydroxylation is 2. The van der Waals surface area contributed by atoms with E-state index in [0.29, 0.717) is 10.9 Å². The summed E-state index contributed by atoms with van der Waals surface area (Å²) >= 11 is 1.51. The molecule has 0 aliphatic carbocycles. The summed E-state index contributed by atoms with van der Waals surface area (Å²) in [5, 5.41) is 0.626. The van der Waals surface area contributed by atoms with Crippen LogP contribution < -0.4 is 5.56 Å². The summed E-state index contributed by atoms with van der Waals surface area (Å²) in [6, 6.07) is 7.62. The molecule has 3 aromatic rings. The average Bonchev–Trinajstić information content (AvgIpc) is 2.85. The predicted octanol–water partition coefficient (Wildman–Crippen LogP) is 4.26. The number of fused-ring (bicyclic) bond motifs is 1. The summed E-state index contributed by atoms with van der Waals surface area (Å²) in [5.74, 6) is -0.0895. The number of Topliss-reactive ketones (excluding diaryl/α,β-unsaturated/α-hetero) is 1. The summed E-state index contributed by atoms with van der Waals surface area (Å²) < 4.78 is 1.40. The second-order valence-corrected chi connectivity index (χ2v) is 8.59. The smallest absolute Gasteiger partial charge is 0.262 e. The van der Waals surface area contributed by atoms with Gasteiger partial charge in [0, 0.05) is 10.4 Å². The maximum Gasteiger partial charge on any atom is 0.262 e. The van der Waals surface area contributed by atoms with Gasteiger partial charge in [0.05, 0.1) is 18.3 Å². The SMILES string of the molecule is Cc1sc2ncn(CC(=O)c3ccc(C(C)(C)C)cc3)c(=O)c2c1C. The van der Waals surface area contributed by atoms with Crippen LogP contribution in [0.2, 0.25) is 0 Å². The van der Waals surface area contributed by atoms with Crippen LogP contribution in [0.15, 0.2) is 35.4 Å². The maximum atomic E-state index is 12.7. The number of carbonyl (C=O) groups is 1. The van der Waals surface area contributed by atoms with Crippen LogP contribution in [0.4, 0.5) is 0 Å². The van der Waals surface area contributed by atoms with Gasteiger partial charge in [-0.25, -0.2) is 4.98 Å². The lowest BCUT2D eigenvalue weighted by atomic mass is 9.86. The first kappa shape index (κ1) is 17.5. The largest absolute Gasteiger partial charge is 0.292 e. The first-order valence-corrected chi connectivity index (χ1v) is 9.09. The fraction of sp³-hybridized carbons (Fsp3) is 0.350. The van der Waals surface area contributed by atoms with Crippen molar-refractivity contribution >= 4 is 27.3 Å². The van der Waals surface area contributed by atoms with Crippen molar-refractivity contribution in [3.63, 3.8) is 0 Å². The highest BCUT2D eigenvalue weighted by Crippen LogP contribution is 2.25. The van der Waals surface area contributed by atoms with Crippen LogP contribution in [0.25, 0.3) is 10.2 Å². The number of rotatable bonds is 3. The van der Waals surface area contributed by atoms with Crippen LogP contribution in [0.5, 0.6) is 0 Å². The summed E-state index contributed by atoms with van der Waals surface area (Å²) in [5.41, 5.74) is 2.63. The summed E-state index contributed by atoms with van der Waals surface area (Å²) in [7, 11) is 0. The van der Waals surface area contributed by atoms with E-state index in [1.54, 1.807) is 0 Å². The number of benzene rings is 1. The number of hydrogen-bond acceptors (Lipinski definition) is 4. The van der Waals surface area contributed by atoms with Gasteiger partial charge in [0.25, 0.3) is 5.56 Å². The summed E-state index contributed by atoms with van der Waals surface area (Å²) in [6.07, 6.45) is 1.47. The van der Waals surface area contributed by atoms with E-state index < -0.39 is 0 Å². The van der Waals surface area contributed by atoms with Crippen LogP contribution >= 0.6 is 11.3 Å². The molecule has 0 saturated heterocycles. The molecule has 0 amide bonds. The van der Waals surface area contributed by atoms with E-state index in [-0.39, 0.29) is 23.3 Å². The van der Waals surface area contributed by atoms with Crippen molar-refractivity contribution in [1.29, 1.82) is 0 Å². The average molecular weight is 354 g/mol. The third-order valence-electron chi connectivity index (χ3n) is 4.54. The number of thiophene rings is 1. The van der Waals surface area contributed by atoms with Crippen molar-refractivity contribution < 1.29 is 4.79 Å². The number of carbonyl (C=O) groups excluding carboxylic acids is 1. The second-order valence-electron chi connectivity index (χ2n) is 7.39. The van der Waals surface area contributed by atoms with Crippen LogP contribution in [-0.4, -0.2) is 15.3 Å². The van der Waals surface area contributed by atoms with Gasteiger partial charge in [-0.1, -0.05) is 45.0 Å². The van der Waals surface area contributed by atoms with Crippen LogP contribution in [0.1, 0.15) is 47.1 Å². The Labute approximate surface area is 151 Å². The molecule has 0 radical (unpaired) electrons. The van der Waals surface area contributed by atoms with E-state index in [4.69, 9.17) is 0 Å². The van der Waals surface area contributed by atoms with Crippen LogP contribution in [0, 0.1) is 13.8 Å². The van der Waals surface area contributed by atoms with E-state index in [0.717, 1.165) is 15.3 Å². The van der Waals surface area contributed by atoms with Crippen molar-refractivity contribution in [2.45, 2.75) is 46.6 Å². The molecule has 0 atom stereocenters. The fourth-order valence-corrected chi connectivity index (χ4v) is 3.77. The molecule has 0 spiro atoms. The van der Waals surface area contributed by atoms with Crippen LogP contribution in [0.3, 0.4) is 0 Å². The first-order valence-electron chi connectivity index (χ1n) is 8.27. The predicted molar refractivity (Wildman–Crippen MR) is 103 cm³/mol. The summed E-state index contributed by atoms with van der Waals surface area (Å²) in [6.45, 7) is 10.3. The third kappa shape index (κ3) is 3.29. The van der Waals surface area contributed by atoms with Gasteiger partial charge in [0.1, 0.15) is 4.83 Å². The van der Waals surface area contributed by atoms with Gasteiger partial charge in [0.15, 0.2) is 5.78 Å². The highest BCUT2D eigenvalue weighted by Gasteiger charge is 2.16. The topological polar surface area (TPSA) is 52.0 Å². The quantitative estimate of drug-likeness (QED) is 0.661. The monoisotopic (exact) mass is 354 g/mol. The van der Waals surface area contributed by atoms with E-state index in [2.05, 4.69) is 25.8 Å². The second kappa shape index (κ2) is 6.23. The lowest BCUT2D eigenvalue weighted by Gasteiger charge is -2.19. The van der Waals surface area contributed by atoms with Crippen molar-refractivity contribution in [1.82, 2.24) is 9.55 Å². The molecule has 2 heterocycles. The van der Waals surface area contributed by atoms with Crippen molar-refractivity contribution in [3.05, 3.63) is 62.5 Å². The molecule has 0 saturated carbocycles. The van der Waals surface area contributed by atoms with Gasteiger partial charge in [0.2, 0.25) is 0 Å². The highest BCUT2D eigenvalue weighted by molar-refractivity contribution is 7.18. The van der Waals surface area contributed by atoms with Gasteiger partial charge in [-0.3, -0.25) is 14.2 Å². The van der Waals surface area contributed by atoms with E-state index in [1.807, 2.05) is 38.1 Å². The Morgan fingerprint density at radius 2 is 1.80 bits per heavy atom. The molecule has 4 nitrogen and oxygen atoms in total. The first-order chi connectivity index (χ1) is 11.7. The molecule has 0 N–H and O–H groups in total. The van der Waals surface area contributed by atoms with Crippen molar-refractivity contribution in [2.24, 2.45) is 0 Å². The summed E-state index contributed by atoms with van der Waals surface area (Å²) in [4.78, 5) is 31.4. The maximum absolute atomic E-state index is 12.7. The van der Waals surface area contributed by atoms with E-state index in [1.165, 1.54) is 27.8 Å². The minimum absolute atomic E-state index is 0.00493.